The molecule has 26 heavy (non-hydrogen) atoms. The van der Waals surface area contributed by atoms with Crippen LogP contribution in [0.2, 0.25) is 5.02 Å². The second-order valence-electron chi connectivity index (χ2n) is 5.91. The molecule has 2 aromatic carbocycles. The monoisotopic (exact) mass is 394 g/mol. The molecule has 0 bridgehead atoms. The Morgan fingerprint density at radius 2 is 1.85 bits per heavy atom. The lowest BCUT2D eigenvalue weighted by atomic mass is 10.2. The minimum absolute atomic E-state index is 0.00102. The Morgan fingerprint density at radius 3 is 2.54 bits per heavy atom. The number of carbonyl (C=O) groups is 1. The Labute approximate surface area is 157 Å². The topological polar surface area (TPSA) is 75.7 Å². The molecule has 0 aliphatic carbocycles. The van der Waals surface area contributed by atoms with Crippen molar-refractivity contribution in [1.29, 1.82) is 0 Å². The van der Waals surface area contributed by atoms with Crippen LogP contribution < -0.4 is 10.1 Å². The first-order valence-electron chi connectivity index (χ1n) is 8.17. The number of amides is 1. The molecule has 6 nitrogen and oxygen atoms in total. The van der Waals surface area contributed by atoms with Crippen LogP contribution in [-0.2, 0) is 10.0 Å². The van der Waals surface area contributed by atoms with Crippen LogP contribution in [0, 0.1) is 0 Å². The number of halogens is 1. The van der Waals surface area contributed by atoms with Gasteiger partial charge in [-0.3, -0.25) is 4.79 Å². The summed E-state index contributed by atoms with van der Waals surface area (Å²) < 4.78 is 32.1. The number of hydrogen-bond acceptors (Lipinski definition) is 4. The molecule has 138 valence electrons. The number of nitrogens with one attached hydrogen (secondary N) is 1. The van der Waals surface area contributed by atoms with Gasteiger partial charge in [-0.1, -0.05) is 23.7 Å². The highest BCUT2D eigenvalue weighted by Gasteiger charge is 2.29. The Hall–Kier alpha value is -2.09. The highest BCUT2D eigenvalue weighted by atomic mass is 35.5. The summed E-state index contributed by atoms with van der Waals surface area (Å²) in [4.78, 5) is 12.5. The third-order valence-electron chi connectivity index (χ3n) is 4.22. The predicted molar refractivity (Wildman–Crippen MR) is 100 cm³/mol. The second-order valence-corrected chi connectivity index (χ2v) is 8.22. The molecule has 0 unspecified atom stereocenters. The smallest absolute Gasteiger partial charge is 0.259 e. The molecule has 1 heterocycles. The van der Waals surface area contributed by atoms with Crippen LogP contribution in [0.1, 0.15) is 23.2 Å². The van der Waals surface area contributed by atoms with Crippen LogP contribution >= 0.6 is 11.6 Å². The normalized spacial score (nSPS) is 15.0. The molecule has 8 heteroatoms. The van der Waals surface area contributed by atoms with Gasteiger partial charge in [0.15, 0.2) is 0 Å². The van der Waals surface area contributed by atoms with Crippen LogP contribution in [-0.4, -0.2) is 38.8 Å². The fourth-order valence-corrected chi connectivity index (χ4v) is 4.89. The van der Waals surface area contributed by atoms with Gasteiger partial charge in [-0.05, 0) is 43.2 Å². The van der Waals surface area contributed by atoms with E-state index in [0.29, 0.717) is 30.1 Å². The third-order valence-corrected chi connectivity index (χ3v) is 6.60. The maximum atomic E-state index is 12.8. The summed E-state index contributed by atoms with van der Waals surface area (Å²) in [6, 6.07) is 11.2. The van der Waals surface area contributed by atoms with Gasteiger partial charge in [0.05, 0.1) is 17.7 Å². The van der Waals surface area contributed by atoms with Crippen LogP contribution in [0.4, 0.5) is 5.69 Å². The van der Waals surface area contributed by atoms with E-state index in [4.69, 9.17) is 16.3 Å². The fourth-order valence-electron chi connectivity index (χ4n) is 2.88. The van der Waals surface area contributed by atoms with E-state index in [9.17, 15) is 13.2 Å². The van der Waals surface area contributed by atoms with E-state index in [0.717, 1.165) is 12.8 Å². The van der Waals surface area contributed by atoms with Gasteiger partial charge in [0.2, 0.25) is 10.0 Å². The van der Waals surface area contributed by atoms with Gasteiger partial charge in [0.1, 0.15) is 10.6 Å². The number of sulfonamides is 1. The summed E-state index contributed by atoms with van der Waals surface area (Å²) in [6.07, 6.45) is 1.67. The van der Waals surface area contributed by atoms with E-state index in [2.05, 4.69) is 5.32 Å². The van der Waals surface area contributed by atoms with Crippen molar-refractivity contribution >= 4 is 33.2 Å². The molecule has 1 saturated heterocycles. The number of methoxy groups -OCH3 is 1. The van der Waals surface area contributed by atoms with Gasteiger partial charge in [-0.2, -0.15) is 4.31 Å². The minimum Gasteiger partial charge on any atom is -0.496 e. The third kappa shape index (κ3) is 3.70. The molecule has 0 atom stereocenters. The van der Waals surface area contributed by atoms with Crippen molar-refractivity contribution in [3.05, 3.63) is 53.1 Å². The number of para-hydroxylation sites is 1. The van der Waals surface area contributed by atoms with Crippen molar-refractivity contribution < 1.29 is 17.9 Å². The van der Waals surface area contributed by atoms with Crippen molar-refractivity contribution in [2.24, 2.45) is 0 Å². The zero-order chi connectivity index (χ0) is 18.7. The van der Waals surface area contributed by atoms with E-state index in [-0.39, 0.29) is 9.92 Å². The summed E-state index contributed by atoms with van der Waals surface area (Å²) >= 11 is 6.12. The quantitative estimate of drug-likeness (QED) is 0.843. The zero-order valence-corrected chi connectivity index (χ0v) is 15.8. The first kappa shape index (κ1) is 18.7. The number of hydrogen-bond donors (Lipinski definition) is 1. The summed E-state index contributed by atoms with van der Waals surface area (Å²) in [5, 5.41) is 2.83. The average molecular weight is 395 g/mol. The zero-order valence-electron chi connectivity index (χ0n) is 14.2. The van der Waals surface area contributed by atoms with Crippen molar-refractivity contribution in [3.63, 3.8) is 0 Å². The molecule has 0 saturated carbocycles. The Morgan fingerprint density at radius 1 is 1.15 bits per heavy atom. The highest BCUT2D eigenvalue weighted by molar-refractivity contribution is 7.89. The Bertz CT molecular complexity index is 925. The summed E-state index contributed by atoms with van der Waals surface area (Å²) in [5.74, 6) is 0.0400. The lowest BCUT2D eigenvalue weighted by Crippen LogP contribution is -2.28. The molecule has 3 rings (SSSR count). The molecule has 1 aliphatic heterocycles. The first-order valence-corrected chi connectivity index (χ1v) is 9.99. The van der Waals surface area contributed by atoms with E-state index in [1.54, 1.807) is 30.3 Å². The van der Waals surface area contributed by atoms with Gasteiger partial charge >= 0.3 is 0 Å². The molecule has 1 aliphatic rings. The number of ether oxygens (including phenoxy) is 1. The fraction of sp³-hybridized carbons (Fsp3) is 0.278. The highest BCUT2D eigenvalue weighted by Crippen LogP contribution is 2.30. The standard InChI is InChI=1S/C18H19ClN2O4S/c1-25-16-7-3-2-6-14(16)18(22)20-13-8-9-15(19)17(12-13)26(23,24)21-10-4-5-11-21/h2-3,6-9,12H,4-5,10-11H2,1H3,(H,20,22). The molecular formula is C18H19ClN2O4S. The molecule has 0 spiro atoms. The van der Waals surface area contributed by atoms with E-state index in [1.165, 1.54) is 23.5 Å². The summed E-state index contributed by atoms with van der Waals surface area (Å²) in [6.45, 7) is 0.965. The van der Waals surface area contributed by atoms with Gasteiger partial charge in [0.25, 0.3) is 5.91 Å². The van der Waals surface area contributed by atoms with Crippen molar-refractivity contribution in [2.75, 3.05) is 25.5 Å². The van der Waals surface area contributed by atoms with Crippen LogP contribution in [0.25, 0.3) is 0 Å². The van der Waals surface area contributed by atoms with Crippen LogP contribution in [0.15, 0.2) is 47.4 Å². The lowest BCUT2D eigenvalue weighted by molar-refractivity contribution is 0.102. The first-order chi connectivity index (χ1) is 12.4. The molecule has 0 radical (unpaired) electrons. The van der Waals surface area contributed by atoms with E-state index < -0.39 is 15.9 Å². The predicted octanol–water partition coefficient (Wildman–Crippen LogP) is 3.39. The number of anilines is 1. The number of carbonyl (C=O) groups excluding carboxylic acids is 1. The van der Waals surface area contributed by atoms with Gasteiger partial charge in [-0.15, -0.1) is 0 Å². The molecule has 1 fully saturated rings. The number of rotatable bonds is 5. The Kier molecular flexibility index (Phi) is 5.50. The second kappa shape index (κ2) is 7.65. The van der Waals surface area contributed by atoms with E-state index >= 15 is 0 Å². The summed E-state index contributed by atoms with van der Waals surface area (Å²) in [5.41, 5.74) is 0.706. The van der Waals surface area contributed by atoms with Gasteiger partial charge in [0, 0.05) is 18.8 Å². The van der Waals surface area contributed by atoms with Crippen molar-refractivity contribution in [1.82, 2.24) is 4.31 Å². The number of nitrogens with zero attached hydrogens (tertiary/aromatic N) is 1. The Balaban J connectivity index is 1.89. The van der Waals surface area contributed by atoms with Crippen molar-refractivity contribution in [2.45, 2.75) is 17.7 Å². The van der Waals surface area contributed by atoms with Gasteiger partial charge < -0.3 is 10.1 Å². The largest absolute Gasteiger partial charge is 0.496 e. The molecule has 1 amide bonds. The van der Waals surface area contributed by atoms with Crippen molar-refractivity contribution in [3.8, 4) is 5.75 Å². The maximum absolute atomic E-state index is 12.8. The van der Waals surface area contributed by atoms with Crippen LogP contribution in [0.5, 0.6) is 5.75 Å². The maximum Gasteiger partial charge on any atom is 0.259 e. The minimum atomic E-state index is -3.68. The average Bonchev–Trinajstić information content (AvgIpc) is 3.18. The molecular weight excluding hydrogens is 376 g/mol. The molecule has 0 aromatic heterocycles. The van der Waals surface area contributed by atoms with Gasteiger partial charge in [-0.25, -0.2) is 8.42 Å². The summed E-state index contributed by atoms with van der Waals surface area (Å²) in [7, 11) is -2.20. The molecule has 2 aromatic rings. The lowest BCUT2D eigenvalue weighted by Gasteiger charge is -2.17. The molecule has 1 N–H and O–H groups in total. The SMILES string of the molecule is COc1ccccc1C(=O)Nc1ccc(Cl)c(S(=O)(=O)N2CCCC2)c1. The number of benzene rings is 2. The van der Waals surface area contributed by atoms with Crippen LogP contribution in [0.3, 0.4) is 0 Å². The van der Waals surface area contributed by atoms with E-state index in [1.807, 2.05) is 0 Å².